The summed E-state index contributed by atoms with van der Waals surface area (Å²) in [6.07, 6.45) is 7.16. The molecule has 1 unspecified atom stereocenters. The topological polar surface area (TPSA) is 34.1 Å². The minimum absolute atomic E-state index is 0.00574. The van der Waals surface area contributed by atoms with Crippen molar-refractivity contribution in [2.24, 2.45) is 17.8 Å². The van der Waals surface area contributed by atoms with Gasteiger partial charge in [0.05, 0.1) is 0 Å². The molecular weight excluding hydrogens is 176 g/mol. The van der Waals surface area contributed by atoms with E-state index in [1.165, 1.54) is 0 Å². The van der Waals surface area contributed by atoms with Gasteiger partial charge in [-0.2, -0.15) is 0 Å². The summed E-state index contributed by atoms with van der Waals surface area (Å²) in [5.41, 5.74) is 0. The molecule has 0 saturated heterocycles. The molecular formula is C12H16O2. The van der Waals surface area contributed by atoms with Crippen LogP contribution in [0.25, 0.3) is 0 Å². The number of fused-ring (bicyclic) bond motifs is 3. The summed E-state index contributed by atoms with van der Waals surface area (Å²) in [5, 5.41) is 0. The van der Waals surface area contributed by atoms with Crippen LogP contribution in [0.2, 0.25) is 0 Å². The molecule has 0 aromatic carbocycles. The van der Waals surface area contributed by atoms with Gasteiger partial charge in [0.1, 0.15) is 5.78 Å². The molecule has 2 nitrogen and oxygen atoms in total. The molecule has 0 N–H and O–H groups in total. The molecule has 3 rings (SSSR count). The molecule has 76 valence electrons. The summed E-state index contributed by atoms with van der Waals surface area (Å²) in [6.45, 7) is 1.85. The predicted molar refractivity (Wildman–Crippen MR) is 53.8 cm³/mol. The number of Topliss-reactive ketones (excluding diaryl/α,β-unsaturated/α-hetero) is 1. The summed E-state index contributed by atoms with van der Waals surface area (Å²) in [6, 6.07) is 0. The standard InChI is InChI=1S/C12H16O2/c1-2-3-11(13)10-6-8-4-5-9(10)12(14)7-8/h2-3,8-10H,4-7H2,1H3/b3-2+/t8-,9+,10?/m0/s1. The van der Waals surface area contributed by atoms with Gasteiger partial charge in [-0.05, 0) is 38.2 Å². The average Bonchev–Trinajstić information content (AvgIpc) is 2.18. The van der Waals surface area contributed by atoms with Gasteiger partial charge in [0, 0.05) is 18.3 Å². The molecule has 3 aliphatic carbocycles. The van der Waals surface area contributed by atoms with Gasteiger partial charge in [-0.1, -0.05) is 6.08 Å². The van der Waals surface area contributed by atoms with Crippen molar-refractivity contribution in [3.8, 4) is 0 Å². The first-order valence-corrected chi connectivity index (χ1v) is 5.41. The Bertz CT molecular complexity index is 291. The molecule has 3 atom stereocenters. The Morgan fingerprint density at radius 2 is 2.21 bits per heavy atom. The molecule has 0 aromatic heterocycles. The second kappa shape index (κ2) is 3.68. The number of hydrogen-bond donors (Lipinski definition) is 0. The van der Waals surface area contributed by atoms with Gasteiger partial charge in [0.2, 0.25) is 0 Å². The maximum atomic E-state index is 11.7. The third-order valence-electron chi connectivity index (χ3n) is 3.56. The van der Waals surface area contributed by atoms with E-state index < -0.39 is 0 Å². The number of ketones is 2. The summed E-state index contributed by atoms with van der Waals surface area (Å²) in [5.74, 6) is 1.03. The number of hydrogen-bond acceptors (Lipinski definition) is 2. The second-order valence-corrected chi connectivity index (χ2v) is 4.46. The fourth-order valence-electron chi connectivity index (χ4n) is 2.87. The van der Waals surface area contributed by atoms with Crippen LogP contribution in [-0.2, 0) is 9.59 Å². The van der Waals surface area contributed by atoms with Crippen LogP contribution in [-0.4, -0.2) is 11.6 Å². The largest absolute Gasteiger partial charge is 0.299 e. The van der Waals surface area contributed by atoms with E-state index in [1.807, 2.05) is 6.92 Å². The molecule has 3 fully saturated rings. The quantitative estimate of drug-likeness (QED) is 0.628. The zero-order chi connectivity index (χ0) is 10.1. The lowest BCUT2D eigenvalue weighted by Crippen LogP contribution is -2.41. The maximum absolute atomic E-state index is 11.7. The maximum Gasteiger partial charge on any atom is 0.159 e. The highest BCUT2D eigenvalue weighted by molar-refractivity contribution is 5.97. The van der Waals surface area contributed by atoms with Gasteiger partial charge in [-0.25, -0.2) is 0 Å². The lowest BCUT2D eigenvalue weighted by molar-refractivity contribution is -0.138. The molecule has 3 aliphatic rings. The molecule has 0 aliphatic heterocycles. The van der Waals surface area contributed by atoms with E-state index in [9.17, 15) is 9.59 Å². The Morgan fingerprint density at radius 3 is 2.79 bits per heavy atom. The number of allylic oxidation sites excluding steroid dienone is 2. The highest BCUT2D eigenvalue weighted by Gasteiger charge is 2.43. The van der Waals surface area contributed by atoms with Crippen molar-refractivity contribution < 1.29 is 9.59 Å². The van der Waals surface area contributed by atoms with E-state index in [4.69, 9.17) is 0 Å². The van der Waals surface area contributed by atoms with E-state index in [1.54, 1.807) is 12.2 Å². The molecule has 0 heterocycles. The first-order chi connectivity index (χ1) is 6.72. The van der Waals surface area contributed by atoms with Crippen LogP contribution < -0.4 is 0 Å². The van der Waals surface area contributed by atoms with Gasteiger partial charge in [-0.15, -0.1) is 0 Å². The van der Waals surface area contributed by atoms with Crippen molar-refractivity contribution in [1.82, 2.24) is 0 Å². The van der Waals surface area contributed by atoms with Crippen molar-refractivity contribution >= 4 is 11.6 Å². The lowest BCUT2D eigenvalue weighted by atomic mass is 9.63. The van der Waals surface area contributed by atoms with E-state index in [0.29, 0.717) is 11.7 Å². The van der Waals surface area contributed by atoms with Crippen molar-refractivity contribution in [2.75, 3.05) is 0 Å². The van der Waals surface area contributed by atoms with Crippen LogP contribution in [0, 0.1) is 17.8 Å². The number of carbonyl (C=O) groups excluding carboxylic acids is 2. The lowest BCUT2D eigenvalue weighted by Gasteiger charge is -2.39. The molecule has 3 saturated carbocycles. The third-order valence-corrected chi connectivity index (χ3v) is 3.56. The van der Waals surface area contributed by atoms with Crippen LogP contribution in [0.5, 0.6) is 0 Å². The van der Waals surface area contributed by atoms with E-state index in [0.717, 1.165) is 25.7 Å². The number of carbonyl (C=O) groups is 2. The smallest absolute Gasteiger partial charge is 0.159 e. The Hall–Kier alpha value is -0.920. The van der Waals surface area contributed by atoms with E-state index in [2.05, 4.69) is 0 Å². The molecule has 14 heavy (non-hydrogen) atoms. The number of rotatable bonds is 2. The van der Waals surface area contributed by atoms with Gasteiger partial charge in [-0.3, -0.25) is 9.59 Å². The van der Waals surface area contributed by atoms with Crippen LogP contribution in [0.1, 0.15) is 32.6 Å². The van der Waals surface area contributed by atoms with Crippen molar-refractivity contribution in [3.05, 3.63) is 12.2 Å². The van der Waals surface area contributed by atoms with E-state index >= 15 is 0 Å². The minimum atomic E-state index is 0.00574. The highest BCUT2D eigenvalue weighted by Crippen LogP contribution is 2.43. The van der Waals surface area contributed by atoms with Crippen molar-refractivity contribution in [3.63, 3.8) is 0 Å². The fraction of sp³-hybridized carbons (Fsp3) is 0.667. The molecule has 2 bridgehead atoms. The zero-order valence-corrected chi connectivity index (χ0v) is 8.53. The van der Waals surface area contributed by atoms with Gasteiger partial charge >= 0.3 is 0 Å². The van der Waals surface area contributed by atoms with Crippen LogP contribution in [0.4, 0.5) is 0 Å². The monoisotopic (exact) mass is 192 g/mol. The Kier molecular flexibility index (Phi) is 2.53. The van der Waals surface area contributed by atoms with Gasteiger partial charge in [0.15, 0.2) is 5.78 Å². The second-order valence-electron chi connectivity index (χ2n) is 4.46. The Balaban J connectivity index is 2.14. The summed E-state index contributed by atoms with van der Waals surface area (Å²) >= 11 is 0. The van der Waals surface area contributed by atoms with Gasteiger partial charge in [0.25, 0.3) is 0 Å². The first kappa shape index (κ1) is 9.63. The Labute approximate surface area is 84.4 Å². The molecule has 0 spiro atoms. The summed E-state index contributed by atoms with van der Waals surface area (Å²) in [7, 11) is 0. The average molecular weight is 192 g/mol. The molecule has 0 aromatic rings. The van der Waals surface area contributed by atoms with Crippen molar-refractivity contribution in [1.29, 1.82) is 0 Å². The fourth-order valence-corrected chi connectivity index (χ4v) is 2.87. The summed E-state index contributed by atoms with van der Waals surface area (Å²) < 4.78 is 0. The molecule has 2 heteroatoms. The van der Waals surface area contributed by atoms with Crippen LogP contribution in [0.3, 0.4) is 0 Å². The minimum Gasteiger partial charge on any atom is -0.299 e. The normalized spacial score (nSPS) is 36.6. The third kappa shape index (κ3) is 1.54. The summed E-state index contributed by atoms with van der Waals surface area (Å²) in [4.78, 5) is 23.3. The van der Waals surface area contributed by atoms with Crippen LogP contribution >= 0.6 is 0 Å². The van der Waals surface area contributed by atoms with Crippen molar-refractivity contribution in [2.45, 2.75) is 32.6 Å². The first-order valence-electron chi connectivity index (χ1n) is 5.41. The predicted octanol–water partition coefficient (Wildman–Crippen LogP) is 2.14. The highest BCUT2D eigenvalue weighted by atomic mass is 16.1. The van der Waals surface area contributed by atoms with Gasteiger partial charge < -0.3 is 0 Å². The SMILES string of the molecule is C/C=C/C(=O)C1C[C@@H]2CC[C@H]1C(=O)C2. The molecule has 0 amide bonds. The Morgan fingerprint density at radius 1 is 1.43 bits per heavy atom. The van der Waals surface area contributed by atoms with Crippen LogP contribution in [0.15, 0.2) is 12.2 Å². The molecule has 0 radical (unpaired) electrons. The zero-order valence-electron chi connectivity index (χ0n) is 8.53. The van der Waals surface area contributed by atoms with E-state index in [-0.39, 0.29) is 17.6 Å².